The maximum atomic E-state index is 11.9. The van der Waals surface area contributed by atoms with E-state index in [2.05, 4.69) is 0 Å². The molecule has 0 unspecified atom stereocenters. The van der Waals surface area contributed by atoms with Crippen LogP contribution in [0.2, 0.25) is 0 Å². The fourth-order valence-electron chi connectivity index (χ4n) is 1.24. The summed E-state index contributed by atoms with van der Waals surface area (Å²) in [5, 5.41) is 0.636. The van der Waals surface area contributed by atoms with Crippen LogP contribution in [0.1, 0.15) is 37.4 Å². The lowest BCUT2D eigenvalue weighted by molar-refractivity contribution is 0.0530. The predicted octanol–water partition coefficient (Wildman–Crippen LogP) is 3.30. The fourth-order valence-corrected chi connectivity index (χ4v) is 2.09. The van der Waals surface area contributed by atoms with E-state index in [0.717, 1.165) is 0 Å². The Morgan fingerprint density at radius 1 is 1.32 bits per heavy atom. The predicted molar refractivity (Wildman–Crippen MR) is 74.9 cm³/mol. The van der Waals surface area contributed by atoms with Gasteiger partial charge in [0.05, 0.1) is 6.61 Å². The monoisotopic (exact) mass is 285 g/mol. The molecule has 0 aliphatic rings. The number of esters is 1. The number of nitrogens with zero attached hydrogens (tertiary/aromatic N) is 1. The lowest BCUT2D eigenvalue weighted by Gasteiger charge is -2.23. The van der Waals surface area contributed by atoms with Crippen LogP contribution >= 0.6 is 11.3 Å². The topological polar surface area (TPSA) is 55.8 Å². The van der Waals surface area contributed by atoms with Crippen LogP contribution in [-0.4, -0.2) is 31.3 Å². The first-order valence-electron chi connectivity index (χ1n) is 5.98. The van der Waals surface area contributed by atoms with Gasteiger partial charge in [-0.3, -0.25) is 4.90 Å². The number of ether oxygens (including phenoxy) is 2. The first-order valence-corrected chi connectivity index (χ1v) is 6.80. The molecule has 0 aliphatic carbocycles. The summed E-state index contributed by atoms with van der Waals surface area (Å²) in [6.07, 6.45) is -0.454. The van der Waals surface area contributed by atoms with Gasteiger partial charge in [-0.05, 0) is 39.8 Å². The SMILES string of the molecule is CCOC(=O)c1ccc(N(C)C(=O)OC(C)(C)C)s1. The molecule has 19 heavy (non-hydrogen) atoms. The second-order valence-electron chi connectivity index (χ2n) is 4.90. The molecule has 0 saturated heterocycles. The summed E-state index contributed by atoms with van der Waals surface area (Å²) in [6.45, 7) is 7.48. The van der Waals surface area contributed by atoms with Gasteiger partial charge in [-0.15, -0.1) is 11.3 Å². The molecule has 1 aromatic rings. The van der Waals surface area contributed by atoms with Gasteiger partial charge in [-0.2, -0.15) is 0 Å². The Labute approximate surface area is 117 Å². The van der Waals surface area contributed by atoms with E-state index in [4.69, 9.17) is 9.47 Å². The number of amides is 1. The number of rotatable bonds is 3. The summed E-state index contributed by atoms with van der Waals surface area (Å²) in [5.74, 6) is -0.378. The average Bonchev–Trinajstić information content (AvgIpc) is 2.75. The third-order valence-electron chi connectivity index (χ3n) is 2.07. The van der Waals surface area contributed by atoms with Gasteiger partial charge in [-0.25, -0.2) is 9.59 Å². The molecule has 1 heterocycles. The number of carbonyl (C=O) groups is 2. The molecule has 0 atom stereocenters. The van der Waals surface area contributed by atoms with E-state index < -0.39 is 11.7 Å². The van der Waals surface area contributed by atoms with Gasteiger partial charge in [0.2, 0.25) is 0 Å². The molecule has 1 rings (SSSR count). The zero-order valence-corrected chi connectivity index (χ0v) is 12.7. The van der Waals surface area contributed by atoms with Crippen molar-refractivity contribution < 1.29 is 19.1 Å². The first kappa shape index (κ1) is 15.5. The summed E-state index contributed by atoms with van der Waals surface area (Å²) in [7, 11) is 1.61. The largest absolute Gasteiger partial charge is 0.462 e. The molecule has 0 bridgehead atoms. The van der Waals surface area contributed by atoms with Crippen LogP contribution in [0.5, 0.6) is 0 Å². The molecular formula is C13H19NO4S. The van der Waals surface area contributed by atoms with Crippen molar-refractivity contribution in [1.82, 2.24) is 0 Å². The number of carbonyl (C=O) groups excluding carboxylic acids is 2. The van der Waals surface area contributed by atoms with Crippen molar-refractivity contribution in [3.63, 3.8) is 0 Å². The molecule has 5 nitrogen and oxygen atoms in total. The third kappa shape index (κ3) is 4.55. The fraction of sp³-hybridized carbons (Fsp3) is 0.538. The van der Waals surface area contributed by atoms with Gasteiger partial charge in [0, 0.05) is 7.05 Å². The molecular weight excluding hydrogens is 266 g/mol. The molecule has 0 aliphatic heterocycles. The van der Waals surface area contributed by atoms with Crippen molar-refractivity contribution in [1.29, 1.82) is 0 Å². The van der Waals surface area contributed by atoms with Gasteiger partial charge < -0.3 is 9.47 Å². The Morgan fingerprint density at radius 2 is 1.95 bits per heavy atom. The molecule has 0 radical (unpaired) electrons. The van der Waals surface area contributed by atoms with Gasteiger partial charge in [-0.1, -0.05) is 0 Å². The van der Waals surface area contributed by atoms with E-state index in [-0.39, 0.29) is 5.97 Å². The van der Waals surface area contributed by atoms with Gasteiger partial charge >= 0.3 is 12.1 Å². The maximum Gasteiger partial charge on any atom is 0.415 e. The Morgan fingerprint density at radius 3 is 2.47 bits per heavy atom. The van der Waals surface area contributed by atoms with Crippen molar-refractivity contribution in [2.45, 2.75) is 33.3 Å². The van der Waals surface area contributed by atoms with Crippen molar-refractivity contribution >= 4 is 28.4 Å². The molecule has 0 spiro atoms. The highest BCUT2D eigenvalue weighted by atomic mass is 32.1. The lowest BCUT2D eigenvalue weighted by atomic mass is 10.2. The minimum atomic E-state index is -0.549. The molecule has 106 valence electrons. The minimum absolute atomic E-state index is 0.327. The van der Waals surface area contributed by atoms with Crippen LogP contribution in [0.15, 0.2) is 12.1 Å². The smallest absolute Gasteiger partial charge is 0.415 e. The van der Waals surface area contributed by atoms with E-state index in [1.54, 1.807) is 46.9 Å². The zero-order valence-electron chi connectivity index (χ0n) is 11.9. The highest BCUT2D eigenvalue weighted by Crippen LogP contribution is 2.27. The molecule has 0 saturated carbocycles. The van der Waals surface area contributed by atoms with Crippen molar-refractivity contribution in [3.05, 3.63) is 17.0 Å². The first-order chi connectivity index (χ1) is 8.74. The molecule has 0 N–H and O–H groups in total. The van der Waals surface area contributed by atoms with Crippen LogP contribution < -0.4 is 4.90 Å². The van der Waals surface area contributed by atoms with Crippen molar-refractivity contribution in [3.8, 4) is 0 Å². The summed E-state index contributed by atoms with van der Waals surface area (Å²) >= 11 is 1.19. The summed E-state index contributed by atoms with van der Waals surface area (Å²) in [4.78, 5) is 25.2. The molecule has 1 aromatic heterocycles. The number of hydrogen-bond acceptors (Lipinski definition) is 5. The second kappa shape index (κ2) is 6.06. The Hall–Kier alpha value is -1.56. The van der Waals surface area contributed by atoms with Gasteiger partial charge in [0.15, 0.2) is 0 Å². The van der Waals surface area contributed by atoms with Crippen LogP contribution in [-0.2, 0) is 9.47 Å². The van der Waals surface area contributed by atoms with Crippen LogP contribution in [0.25, 0.3) is 0 Å². The summed E-state index contributed by atoms with van der Waals surface area (Å²) in [6, 6.07) is 3.33. The summed E-state index contributed by atoms with van der Waals surface area (Å²) in [5.41, 5.74) is -0.549. The third-order valence-corrected chi connectivity index (χ3v) is 3.21. The maximum absolute atomic E-state index is 11.9. The minimum Gasteiger partial charge on any atom is -0.462 e. The molecule has 6 heteroatoms. The standard InChI is InChI=1S/C13H19NO4S/c1-6-17-11(15)9-7-8-10(19-9)14(5)12(16)18-13(2,3)4/h7-8H,6H2,1-5H3. The second-order valence-corrected chi connectivity index (χ2v) is 5.96. The quantitative estimate of drug-likeness (QED) is 0.800. The van der Waals surface area contributed by atoms with Crippen LogP contribution in [0, 0.1) is 0 Å². The lowest BCUT2D eigenvalue weighted by Crippen LogP contribution is -2.33. The molecule has 0 fully saturated rings. The van der Waals surface area contributed by atoms with Crippen LogP contribution in [0.4, 0.5) is 9.80 Å². The Bertz CT molecular complexity index is 461. The van der Waals surface area contributed by atoms with E-state index in [0.29, 0.717) is 16.5 Å². The Balaban J connectivity index is 2.76. The van der Waals surface area contributed by atoms with E-state index in [1.807, 2.05) is 0 Å². The van der Waals surface area contributed by atoms with Crippen LogP contribution in [0.3, 0.4) is 0 Å². The molecule has 0 aromatic carbocycles. The normalized spacial score (nSPS) is 11.0. The molecule has 1 amide bonds. The Kier molecular flexibility index (Phi) is 4.94. The highest BCUT2D eigenvalue weighted by molar-refractivity contribution is 7.18. The van der Waals surface area contributed by atoms with Crippen molar-refractivity contribution in [2.24, 2.45) is 0 Å². The van der Waals surface area contributed by atoms with Crippen molar-refractivity contribution in [2.75, 3.05) is 18.6 Å². The van der Waals surface area contributed by atoms with Gasteiger partial charge in [0.25, 0.3) is 0 Å². The van der Waals surface area contributed by atoms with E-state index in [1.165, 1.54) is 16.2 Å². The van der Waals surface area contributed by atoms with Gasteiger partial charge in [0.1, 0.15) is 15.5 Å². The number of thiophene rings is 1. The summed E-state index contributed by atoms with van der Waals surface area (Å²) < 4.78 is 10.1. The number of hydrogen-bond donors (Lipinski definition) is 0. The zero-order chi connectivity index (χ0) is 14.6. The number of anilines is 1. The van der Waals surface area contributed by atoms with E-state index in [9.17, 15) is 9.59 Å². The highest BCUT2D eigenvalue weighted by Gasteiger charge is 2.22. The average molecular weight is 285 g/mol. The van der Waals surface area contributed by atoms with E-state index >= 15 is 0 Å².